The van der Waals surface area contributed by atoms with Crippen LogP contribution in [0.5, 0.6) is 0 Å². The maximum absolute atomic E-state index is 11.3. The molecule has 0 aliphatic heterocycles. The Morgan fingerprint density at radius 2 is 2.20 bits per heavy atom. The highest BCUT2D eigenvalue weighted by Crippen LogP contribution is 2.17. The minimum atomic E-state index is -0.668. The SMILES string of the molecule is COC(=O)/C(=N/O)c1cc(Br)ccc1C. The average molecular weight is 272 g/mol. The first-order valence-electron chi connectivity index (χ1n) is 4.17. The van der Waals surface area contributed by atoms with E-state index in [0.29, 0.717) is 5.56 Å². The molecule has 0 saturated carbocycles. The average Bonchev–Trinajstić information content (AvgIpc) is 2.23. The normalized spacial score (nSPS) is 11.3. The van der Waals surface area contributed by atoms with Crippen LogP contribution in [0.25, 0.3) is 0 Å². The van der Waals surface area contributed by atoms with Crippen LogP contribution in [0.2, 0.25) is 0 Å². The van der Waals surface area contributed by atoms with Crippen LogP contribution in [0.15, 0.2) is 27.8 Å². The van der Waals surface area contributed by atoms with Gasteiger partial charge in [0.2, 0.25) is 0 Å². The fraction of sp³-hybridized carbons (Fsp3) is 0.200. The Labute approximate surface area is 95.7 Å². The Morgan fingerprint density at radius 3 is 2.73 bits per heavy atom. The van der Waals surface area contributed by atoms with Gasteiger partial charge in [-0.15, -0.1) is 0 Å². The van der Waals surface area contributed by atoms with Crippen LogP contribution < -0.4 is 0 Å². The molecule has 1 N–H and O–H groups in total. The summed E-state index contributed by atoms with van der Waals surface area (Å²) >= 11 is 3.28. The first-order chi connectivity index (χ1) is 7.10. The number of nitrogens with zero attached hydrogens (tertiary/aromatic N) is 1. The second kappa shape index (κ2) is 4.93. The number of methoxy groups -OCH3 is 1. The number of aryl methyl sites for hydroxylation is 1. The Morgan fingerprint density at radius 1 is 1.53 bits per heavy atom. The molecule has 0 aromatic heterocycles. The zero-order valence-electron chi connectivity index (χ0n) is 8.32. The predicted octanol–water partition coefficient (Wildman–Crippen LogP) is 2.11. The molecule has 0 fully saturated rings. The minimum Gasteiger partial charge on any atom is -0.464 e. The molecule has 0 aliphatic carbocycles. The van der Waals surface area contributed by atoms with Crippen molar-refractivity contribution >= 4 is 27.6 Å². The number of carbonyl (C=O) groups is 1. The number of rotatable bonds is 2. The molecule has 4 nitrogen and oxygen atoms in total. The van der Waals surface area contributed by atoms with E-state index in [1.54, 1.807) is 6.07 Å². The van der Waals surface area contributed by atoms with E-state index in [1.165, 1.54) is 7.11 Å². The molecule has 0 unspecified atom stereocenters. The molecular weight excluding hydrogens is 262 g/mol. The third kappa shape index (κ3) is 2.56. The summed E-state index contributed by atoms with van der Waals surface area (Å²) in [7, 11) is 1.24. The second-order valence-corrected chi connectivity index (χ2v) is 3.82. The molecule has 5 heteroatoms. The van der Waals surface area contributed by atoms with Gasteiger partial charge in [0.1, 0.15) is 0 Å². The lowest BCUT2D eigenvalue weighted by Gasteiger charge is -2.06. The van der Waals surface area contributed by atoms with Crippen molar-refractivity contribution in [2.45, 2.75) is 6.92 Å². The summed E-state index contributed by atoms with van der Waals surface area (Å²) in [4.78, 5) is 11.3. The van der Waals surface area contributed by atoms with Crippen molar-refractivity contribution < 1.29 is 14.7 Å². The van der Waals surface area contributed by atoms with Gasteiger partial charge >= 0.3 is 5.97 Å². The molecule has 1 rings (SSSR count). The lowest BCUT2D eigenvalue weighted by Crippen LogP contribution is -2.18. The number of ether oxygens (including phenoxy) is 1. The van der Waals surface area contributed by atoms with Gasteiger partial charge in [-0.3, -0.25) is 0 Å². The van der Waals surface area contributed by atoms with Crippen molar-refractivity contribution in [3.05, 3.63) is 33.8 Å². The summed E-state index contributed by atoms with van der Waals surface area (Å²) in [5.74, 6) is -0.668. The molecular formula is C10H10BrNO3. The van der Waals surface area contributed by atoms with E-state index in [2.05, 4.69) is 25.8 Å². The summed E-state index contributed by atoms with van der Waals surface area (Å²) in [6, 6.07) is 5.35. The fourth-order valence-electron chi connectivity index (χ4n) is 1.15. The second-order valence-electron chi connectivity index (χ2n) is 2.90. The minimum absolute atomic E-state index is 0.101. The Bertz CT molecular complexity index is 415. The van der Waals surface area contributed by atoms with Crippen LogP contribution in [0.4, 0.5) is 0 Å². The maximum Gasteiger partial charge on any atom is 0.360 e. The number of hydrogen-bond donors (Lipinski definition) is 1. The zero-order valence-corrected chi connectivity index (χ0v) is 9.91. The molecule has 0 aliphatic rings. The molecule has 0 spiro atoms. The van der Waals surface area contributed by atoms with E-state index >= 15 is 0 Å². The van der Waals surface area contributed by atoms with E-state index in [0.717, 1.165) is 10.0 Å². The molecule has 0 heterocycles. The van der Waals surface area contributed by atoms with Gasteiger partial charge in [0.25, 0.3) is 0 Å². The number of halogens is 1. The summed E-state index contributed by atoms with van der Waals surface area (Å²) in [5, 5.41) is 11.7. The van der Waals surface area contributed by atoms with Crippen LogP contribution in [-0.4, -0.2) is 24.0 Å². The summed E-state index contributed by atoms with van der Waals surface area (Å²) in [5.41, 5.74) is 1.27. The highest BCUT2D eigenvalue weighted by Gasteiger charge is 2.17. The van der Waals surface area contributed by atoms with E-state index in [4.69, 9.17) is 5.21 Å². The van der Waals surface area contributed by atoms with E-state index in [1.807, 2.05) is 19.1 Å². The quantitative estimate of drug-likeness (QED) is 0.388. The molecule has 0 atom stereocenters. The van der Waals surface area contributed by atoms with E-state index in [9.17, 15) is 4.79 Å². The highest BCUT2D eigenvalue weighted by atomic mass is 79.9. The van der Waals surface area contributed by atoms with Gasteiger partial charge in [-0.05, 0) is 24.6 Å². The van der Waals surface area contributed by atoms with Gasteiger partial charge in [-0.1, -0.05) is 27.2 Å². The molecule has 1 aromatic rings. The van der Waals surface area contributed by atoms with Gasteiger partial charge < -0.3 is 9.94 Å². The Kier molecular flexibility index (Phi) is 3.85. The monoisotopic (exact) mass is 271 g/mol. The molecule has 15 heavy (non-hydrogen) atoms. The molecule has 80 valence electrons. The van der Waals surface area contributed by atoms with Crippen LogP contribution >= 0.6 is 15.9 Å². The van der Waals surface area contributed by atoms with Crippen molar-refractivity contribution in [2.75, 3.05) is 7.11 Å². The van der Waals surface area contributed by atoms with E-state index in [-0.39, 0.29) is 5.71 Å². The molecule has 0 bridgehead atoms. The molecule has 0 radical (unpaired) electrons. The molecule has 1 aromatic carbocycles. The number of benzene rings is 1. The van der Waals surface area contributed by atoms with Gasteiger partial charge in [-0.2, -0.15) is 0 Å². The Balaban J connectivity index is 3.24. The number of esters is 1. The predicted molar refractivity (Wildman–Crippen MR) is 59.2 cm³/mol. The Hall–Kier alpha value is -1.36. The van der Waals surface area contributed by atoms with E-state index < -0.39 is 5.97 Å². The third-order valence-electron chi connectivity index (χ3n) is 1.93. The summed E-state index contributed by atoms with van der Waals surface area (Å²) < 4.78 is 5.31. The maximum atomic E-state index is 11.3. The lowest BCUT2D eigenvalue weighted by atomic mass is 10.0. The topological polar surface area (TPSA) is 58.9 Å². The van der Waals surface area contributed by atoms with Gasteiger partial charge in [0, 0.05) is 10.0 Å². The van der Waals surface area contributed by atoms with Gasteiger partial charge in [0.15, 0.2) is 5.71 Å². The highest BCUT2D eigenvalue weighted by molar-refractivity contribution is 9.10. The van der Waals surface area contributed by atoms with Crippen molar-refractivity contribution in [2.24, 2.45) is 5.16 Å². The third-order valence-corrected chi connectivity index (χ3v) is 2.43. The van der Waals surface area contributed by atoms with Crippen molar-refractivity contribution in [3.63, 3.8) is 0 Å². The summed E-state index contributed by atoms with van der Waals surface area (Å²) in [6.07, 6.45) is 0. The van der Waals surface area contributed by atoms with Gasteiger partial charge in [-0.25, -0.2) is 4.79 Å². The smallest absolute Gasteiger partial charge is 0.360 e. The van der Waals surface area contributed by atoms with Crippen molar-refractivity contribution in [3.8, 4) is 0 Å². The fourth-order valence-corrected chi connectivity index (χ4v) is 1.51. The molecule has 0 amide bonds. The van der Waals surface area contributed by atoms with Crippen LogP contribution in [0, 0.1) is 6.92 Å². The van der Waals surface area contributed by atoms with Gasteiger partial charge in [0.05, 0.1) is 7.11 Å². The number of oxime groups is 1. The lowest BCUT2D eigenvalue weighted by molar-refractivity contribution is -0.132. The largest absolute Gasteiger partial charge is 0.464 e. The first-order valence-corrected chi connectivity index (χ1v) is 4.96. The summed E-state index contributed by atoms with van der Waals surface area (Å²) in [6.45, 7) is 1.82. The standard InChI is InChI=1S/C10H10BrNO3/c1-6-3-4-7(11)5-8(6)9(12-14)10(13)15-2/h3-5,14H,1-2H3/b12-9+. The van der Waals surface area contributed by atoms with Crippen LogP contribution in [-0.2, 0) is 9.53 Å². The van der Waals surface area contributed by atoms with Crippen molar-refractivity contribution in [1.29, 1.82) is 0 Å². The van der Waals surface area contributed by atoms with Crippen LogP contribution in [0.3, 0.4) is 0 Å². The zero-order chi connectivity index (χ0) is 11.4. The first kappa shape index (κ1) is 11.7. The number of carbonyl (C=O) groups excluding carboxylic acids is 1. The number of hydrogen-bond acceptors (Lipinski definition) is 4. The van der Waals surface area contributed by atoms with Crippen molar-refractivity contribution in [1.82, 2.24) is 0 Å². The van der Waals surface area contributed by atoms with Crippen LogP contribution in [0.1, 0.15) is 11.1 Å². The molecule has 0 saturated heterocycles.